The largest absolute Gasteiger partial charge is 0.481 e. The summed E-state index contributed by atoms with van der Waals surface area (Å²) in [4.78, 5) is 55.4. The summed E-state index contributed by atoms with van der Waals surface area (Å²) in [5, 5.41) is 20.7. The maximum Gasteiger partial charge on any atom is 0.306 e. The molecule has 2 heterocycles. The first-order chi connectivity index (χ1) is 41.0. The van der Waals surface area contributed by atoms with E-state index < -0.39 is 116 Å². The Morgan fingerprint density at radius 2 is 0.851 bits per heavy atom. The van der Waals surface area contributed by atoms with Gasteiger partial charge in [-0.05, 0) is 134 Å². The molecule has 6 aromatic rings. The number of anilines is 2. The van der Waals surface area contributed by atoms with Crippen LogP contribution in [0.3, 0.4) is 0 Å². The number of benzene rings is 6. The van der Waals surface area contributed by atoms with Crippen LogP contribution in [0.2, 0.25) is 30.1 Å². The summed E-state index contributed by atoms with van der Waals surface area (Å²) >= 11 is 38.2. The van der Waals surface area contributed by atoms with Crippen molar-refractivity contribution in [2.24, 2.45) is 0 Å². The first kappa shape index (κ1) is 67.3. The third kappa shape index (κ3) is 15.5. The van der Waals surface area contributed by atoms with Crippen LogP contribution < -0.4 is 8.61 Å². The van der Waals surface area contributed by atoms with Crippen LogP contribution in [0.1, 0.15) is 119 Å². The summed E-state index contributed by atoms with van der Waals surface area (Å²) in [5.41, 5.74) is 3.31. The lowest BCUT2D eigenvalue weighted by atomic mass is 9.89. The Morgan fingerprint density at radius 3 is 1.15 bits per heavy atom. The zero-order valence-corrected chi connectivity index (χ0v) is 52.7. The van der Waals surface area contributed by atoms with E-state index in [-0.39, 0.29) is 30.6 Å². The van der Waals surface area contributed by atoms with Gasteiger partial charge in [-0.2, -0.15) is 0 Å². The van der Waals surface area contributed by atoms with Crippen molar-refractivity contribution in [1.29, 1.82) is 0 Å². The van der Waals surface area contributed by atoms with Gasteiger partial charge in [-0.3, -0.25) is 27.8 Å². The number of carbonyl (C=O) groups is 4. The van der Waals surface area contributed by atoms with Crippen molar-refractivity contribution in [2.75, 3.05) is 21.7 Å². The van der Waals surface area contributed by atoms with Crippen LogP contribution in [-0.4, -0.2) is 108 Å². The van der Waals surface area contributed by atoms with Gasteiger partial charge in [0.05, 0.1) is 82.0 Å². The number of amides is 2. The first-order valence-corrected chi connectivity index (χ1v) is 33.2. The van der Waals surface area contributed by atoms with Crippen molar-refractivity contribution in [1.82, 2.24) is 9.80 Å². The van der Waals surface area contributed by atoms with E-state index in [1.165, 1.54) is 8.61 Å². The Labute approximate surface area is 537 Å². The molecule has 8 atom stereocenters. The Hall–Kier alpha value is -5.64. The van der Waals surface area contributed by atoms with Gasteiger partial charge in [0.15, 0.2) is 0 Å². The van der Waals surface area contributed by atoms with Crippen molar-refractivity contribution in [3.05, 3.63) is 198 Å². The summed E-state index contributed by atoms with van der Waals surface area (Å²) in [6, 6.07) is 38.5. The van der Waals surface area contributed by atoms with Crippen molar-refractivity contribution in [3.63, 3.8) is 0 Å². The van der Waals surface area contributed by atoms with Gasteiger partial charge < -0.3 is 29.5 Å². The molecule has 16 nitrogen and oxygen atoms in total. The van der Waals surface area contributed by atoms with E-state index in [1.807, 2.05) is 13.8 Å². The van der Waals surface area contributed by atoms with Gasteiger partial charge >= 0.3 is 11.9 Å². The van der Waals surface area contributed by atoms with Crippen molar-refractivity contribution in [3.8, 4) is 0 Å². The van der Waals surface area contributed by atoms with Gasteiger partial charge in [0.1, 0.15) is 24.4 Å². The number of para-hydroxylation sites is 2. The van der Waals surface area contributed by atoms with Gasteiger partial charge in [0, 0.05) is 20.1 Å². The standard InChI is InChI=1S/2C31H31Cl3N2O6S.CH4/c2*1-2-23(18-35(43(40,41)24-14-15-24)26-9-4-3-8-25(26)34)36-29(19-10-12-21(32)13-11-19)30(20-6-5-7-22(33)16-20)42-27(31(36)39)17-28(37)38;/h2*3-13,16,23-24,27,29-30H,2,14-15,17-18H2,1H3,(H,37,38);1H4/t23-,27+,29+,30+;23-,27-,29+,30+;/m00./s1. The molecule has 2 N–H and O–H groups in total. The fraction of sp³-hybridized carbons (Fsp3) is 0.365. The monoisotopic (exact) mass is 1340 g/mol. The number of carbonyl (C=O) groups excluding carboxylic acids is 2. The van der Waals surface area contributed by atoms with Crippen molar-refractivity contribution >= 4 is 125 Å². The highest BCUT2D eigenvalue weighted by Crippen LogP contribution is 2.48. The number of carboxylic acids is 2. The lowest BCUT2D eigenvalue weighted by molar-refractivity contribution is -0.183. The molecule has 2 saturated carbocycles. The highest BCUT2D eigenvalue weighted by molar-refractivity contribution is 7.94. The number of morpholine rings is 2. The summed E-state index contributed by atoms with van der Waals surface area (Å²) in [6.07, 6.45) is -2.49. The van der Waals surface area contributed by atoms with Gasteiger partial charge in [0.2, 0.25) is 20.0 Å². The molecule has 24 heteroatoms. The molecule has 0 radical (unpaired) electrons. The molecule has 6 aromatic carbocycles. The van der Waals surface area contributed by atoms with Crippen LogP contribution in [0, 0.1) is 0 Å². The number of ether oxygens (including phenoxy) is 2. The normalized spacial score (nSPS) is 21.2. The molecule has 0 unspecified atom stereocenters. The SMILES string of the molecule is C.CC[C@@H](CN(c1ccccc1Cl)S(=O)(=O)C1CC1)N1C(=O)[C@@H](CC(=O)O)O[C@H](c2cccc(Cl)c2)[C@H]1c1ccc(Cl)cc1.CC[C@@H](CN(c1ccccc1Cl)S(=O)(=O)C1CC1)N1C(=O)[C@H](CC(=O)O)O[C@H](c2cccc(Cl)c2)[C@H]1c1ccc(Cl)cc1. The molecule has 2 aliphatic carbocycles. The number of nitrogens with zero attached hydrogens (tertiary/aromatic N) is 4. The second-order valence-corrected chi connectivity index (χ2v) is 28.3. The lowest BCUT2D eigenvalue weighted by Gasteiger charge is -2.48. The van der Waals surface area contributed by atoms with Gasteiger partial charge in [-0.1, -0.05) is 164 Å². The Kier molecular flexibility index (Phi) is 22.3. The molecular weight excluding hydrogens is 1280 g/mol. The van der Waals surface area contributed by atoms with E-state index >= 15 is 0 Å². The van der Waals surface area contributed by atoms with Crippen LogP contribution in [0.25, 0.3) is 0 Å². The highest BCUT2D eigenvalue weighted by atomic mass is 35.5. The minimum Gasteiger partial charge on any atom is -0.481 e. The van der Waals surface area contributed by atoms with Crippen molar-refractivity contribution in [2.45, 2.75) is 132 Å². The molecule has 0 bridgehead atoms. The average molecular weight is 1350 g/mol. The Morgan fingerprint density at radius 1 is 0.506 bits per heavy atom. The van der Waals surface area contributed by atoms with E-state index in [0.29, 0.717) is 92.2 Å². The molecule has 0 spiro atoms. The van der Waals surface area contributed by atoms with E-state index in [0.717, 1.165) is 0 Å². The molecule has 0 aromatic heterocycles. The van der Waals surface area contributed by atoms with E-state index in [4.69, 9.17) is 79.1 Å². The molecular formula is C63H66Cl6N4O12S2. The maximum atomic E-state index is 14.2. The topological polar surface area (TPSA) is 208 Å². The van der Waals surface area contributed by atoms with Gasteiger partial charge in [-0.25, -0.2) is 16.8 Å². The van der Waals surface area contributed by atoms with E-state index in [2.05, 4.69) is 0 Å². The molecule has 2 amide bonds. The van der Waals surface area contributed by atoms with Crippen LogP contribution in [0.4, 0.5) is 11.4 Å². The average Bonchev–Trinajstić information content (AvgIpc) is 1.72. The number of rotatable bonds is 22. The number of hydrogen-bond donors (Lipinski definition) is 2. The summed E-state index contributed by atoms with van der Waals surface area (Å²) in [6.45, 7) is 3.55. The van der Waals surface area contributed by atoms with E-state index in [1.54, 1.807) is 155 Å². The zero-order chi connectivity index (χ0) is 61.8. The van der Waals surface area contributed by atoms with E-state index in [9.17, 15) is 46.2 Å². The summed E-state index contributed by atoms with van der Waals surface area (Å²) in [5.74, 6) is -3.49. The molecule has 464 valence electrons. The highest BCUT2D eigenvalue weighted by Gasteiger charge is 2.51. The van der Waals surface area contributed by atoms with Crippen LogP contribution >= 0.6 is 69.6 Å². The summed E-state index contributed by atoms with van der Waals surface area (Å²) < 4.78 is 70.4. The lowest BCUT2D eigenvalue weighted by Crippen LogP contribution is -2.58. The first-order valence-electron chi connectivity index (χ1n) is 27.9. The smallest absolute Gasteiger partial charge is 0.306 e. The molecule has 2 aliphatic heterocycles. The number of sulfonamides is 2. The van der Waals surface area contributed by atoms with Gasteiger partial charge in [0.25, 0.3) is 11.8 Å². The predicted molar refractivity (Wildman–Crippen MR) is 341 cm³/mol. The molecule has 87 heavy (non-hydrogen) atoms. The fourth-order valence-electron chi connectivity index (χ4n) is 11.1. The Bertz CT molecular complexity index is 3440. The zero-order valence-electron chi connectivity index (χ0n) is 46.6. The van der Waals surface area contributed by atoms with Crippen molar-refractivity contribution < 1.29 is 55.7 Å². The summed E-state index contributed by atoms with van der Waals surface area (Å²) in [7, 11) is -7.61. The second kappa shape index (κ2) is 28.9. The van der Waals surface area contributed by atoms with Crippen LogP contribution in [0.15, 0.2) is 146 Å². The third-order valence-corrected chi connectivity index (χ3v) is 21.7. The minimum atomic E-state index is -3.81. The molecule has 2 saturated heterocycles. The Balaban J connectivity index is 0.000000223. The maximum absolute atomic E-state index is 14.2. The number of carboxylic acid groups (broad SMARTS) is 2. The van der Waals surface area contributed by atoms with Gasteiger partial charge in [-0.15, -0.1) is 0 Å². The fourth-order valence-corrected chi connectivity index (χ4v) is 16.1. The number of halogens is 6. The predicted octanol–water partition coefficient (Wildman–Crippen LogP) is 14.5. The van der Waals surface area contributed by atoms with Crippen LogP contribution in [-0.2, 0) is 48.7 Å². The number of aliphatic carboxylic acids is 2. The number of hydrogen-bond acceptors (Lipinski definition) is 10. The molecule has 4 fully saturated rings. The minimum absolute atomic E-state index is 0. The molecule has 10 rings (SSSR count). The third-order valence-electron chi connectivity index (χ3n) is 15.6. The van der Waals surface area contributed by atoms with Crippen LogP contribution in [0.5, 0.6) is 0 Å². The second-order valence-electron chi connectivity index (χ2n) is 21.5. The quantitative estimate of drug-likeness (QED) is 0.0651. The molecule has 4 aliphatic rings.